The van der Waals surface area contributed by atoms with Crippen molar-refractivity contribution in [3.63, 3.8) is 0 Å². The van der Waals surface area contributed by atoms with Gasteiger partial charge in [-0.25, -0.2) is 0 Å². The van der Waals surface area contributed by atoms with Gasteiger partial charge in [0.25, 0.3) is 0 Å². The fraction of sp³-hybridized carbons (Fsp3) is 0.0769. The van der Waals surface area contributed by atoms with E-state index in [4.69, 9.17) is 5.53 Å². The molecule has 0 radical (unpaired) electrons. The molecule has 0 saturated heterocycles. The SMILES string of the molecule is [N-]=[N+]=N[C@@H](c1ccccc1)[S@](=O)c1ccccc1. The molecule has 0 unspecified atom stereocenters. The molecular formula is C13H11N3OS. The normalized spacial score (nSPS) is 13.3. The molecule has 0 saturated carbocycles. The van der Waals surface area contributed by atoms with Crippen LogP contribution in [-0.2, 0) is 10.8 Å². The van der Waals surface area contributed by atoms with Crippen molar-refractivity contribution in [3.8, 4) is 0 Å². The summed E-state index contributed by atoms with van der Waals surface area (Å²) in [6, 6.07) is 18.1. The van der Waals surface area contributed by atoms with Crippen molar-refractivity contribution >= 4 is 10.8 Å². The maximum atomic E-state index is 12.4. The molecule has 0 amide bonds. The minimum atomic E-state index is -1.39. The van der Waals surface area contributed by atoms with Crippen molar-refractivity contribution in [2.24, 2.45) is 5.11 Å². The van der Waals surface area contributed by atoms with E-state index >= 15 is 0 Å². The molecule has 0 aromatic heterocycles. The van der Waals surface area contributed by atoms with Crippen LogP contribution in [0.1, 0.15) is 10.9 Å². The van der Waals surface area contributed by atoms with Crippen molar-refractivity contribution in [2.45, 2.75) is 10.3 Å². The van der Waals surface area contributed by atoms with Crippen molar-refractivity contribution < 1.29 is 4.21 Å². The van der Waals surface area contributed by atoms with Crippen LogP contribution in [0, 0.1) is 0 Å². The van der Waals surface area contributed by atoms with E-state index in [1.165, 1.54) is 0 Å². The fourth-order valence-corrected chi connectivity index (χ4v) is 2.80. The van der Waals surface area contributed by atoms with Crippen LogP contribution in [0.15, 0.2) is 70.7 Å². The first-order valence-corrected chi connectivity index (χ1v) is 6.59. The van der Waals surface area contributed by atoms with E-state index in [1.807, 2.05) is 36.4 Å². The second kappa shape index (κ2) is 6.00. The van der Waals surface area contributed by atoms with E-state index in [2.05, 4.69) is 10.0 Å². The molecule has 0 aliphatic carbocycles. The lowest BCUT2D eigenvalue weighted by molar-refractivity contribution is 0.673. The van der Waals surface area contributed by atoms with E-state index in [-0.39, 0.29) is 0 Å². The molecule has 0 aliphatic rings. The van der Waals surface area contributed by atoms with Crippen LogP contribution in [0.5, 0.6) is 0 Å². The molecule has 0 spiro atoms. The molecule has 0 N–H and O–H groups in total. The third kappa shape index (κ3) is 2.77. The number of hydrogen-bond acceptors (Lipinski definition) is 2. The summed E-state index contributed by atoms with van der Waals surface area (Å²) in [5.74, 6) is 0. The Labute approximate surface area is 107 Å². The molecule has 0 fully saturated rings. The molecule has 2 atom stereocenters. The van der Waals surface area contributed by atoms with Gasteiger partial charge in [0.1, 0.15) is 5.37 Å². The maximum absolute atomic E-state index is 12.4. The van der Waals surface area contributed by atoms with Gasteiger partial charge in [0, 0.05) is 9.81 Å². The van der Waals surface area contributed by atoms with Crippen LogP contribution in [-0.4, -0.2) is 4.21 Å². The zero-order valence-electron chi connectivity index (χ0n) is 9.51. The fourth-order valence-electron chi connectivity index (χ4n) is 1.58. The van der Waals surface area contributed by atoms with E-state index in [0.29, 0.717) is 4.90 Å². The number of hydrogen-bond donors (Lipinski definition) is 0. The summed E-state index contributed by atoms with van der Waals surface area (Å²) in [4.78, 5) is 3.44. The largest absolute Gasteiger partial charge is 0.254 e. The molecule has 2 rings (SSSR count). The number of azide groups is 1. The Balaban J connectivity index is 2.38. The van der Waals surface area contributed by atoms with Gasteiger partial charge in [0.2, 0.25) is 0 Å². The smallest absolute Gasteiger partial charge is 0.143 e. The topological polar surface area (TPSA) is 65.8 Å². The summed E-state index contributed by atoms with van der Waals surface area (Å²) in [6.07, 6.45) is 0. The molecule has 4 nitrogen and oxygen atoms in total. The lowest BCUT2D eigenvalue weighted by Crippen LogP contribution is -2.03. The van der Waals surface area contributed by atoms with Gasteiger partial charge in [-0.1, -0.05) is 53.6 Å². The van der Waals surface area contributed by atoms with Gasteiger partial charge >= 0.3 is 0 Å². The Morgan fingerprint density at radius 1 is 1.00 bits per heavy atom. The molecule has 5 heteroatoms. The highest BCUT2D eigenvalue weighted by Gasteiger charge is 2.18. The summed E-state index contributed by atoms with van der Waals surface area (Å²) >= 11 is 0. The van der Waals surface area contributed by atoms with Crippen molar-refractivity contribution in [1.29, 1.82) is 0 Å². The highest BCUT2D eigenvalue weighted by molar-refractivity contribution is 7.85. The summed E-state index contributed by atoms with van der Waals surface area (Å²) < 4.78 is 12.4. The monoisotopic (exact) mass is 257 g/mol. The Kier molecular flexibility index (Phi) is 4.12. The van der Waals surface area contributed by atoms with Crippen LogP contribution in [0.2, 0.25) is 0 Å². The standard InChI is InChI=1S/C13H11N3OS/c14-16-15-13(11-7-3-1-4-8-11)18(17)12-9-5-2-6-10-12/h1-10,13H/t13-,18-/m1/s1. The van der Waals surface area contributed by atoms with Crippen molar-refractivity contribution in [1.82, 2.24) is 0 Å². The first kappa shape index (κ1) is 12.4. The van der Waals surface area contributed by atoms with Crippen molar-refractivity contribution in [3.05, 3.63) is 76.7 Å². The van der Waals surface area contributed by atoms with Crippen molar-refractivity contribution in [2.75, 3.05) is 0 Å². The molecule has 0 aliphatic heterocycles. The molecule has 2 aromatic rings. The molecular weight excluding hydrogens is 246 g/mol. The molecule has 18 heavy (non-hydrogen) atoms. The highest BCUT2D eigenvalue weighted by Crippen LogP contribution is 2.26. The first-order chi connectivity index (χ1) is 8.83. The summed E-state index contributed by atoms with van der Waals surface area (Å²) in [7, 11) is -1.39. The second-order valence-corrected chi connectivity index (χ2v) is 5.09. The number of rotatable bonds is 4. The molecule has 0 heterocycles. The first-order valence-electron chi connectivity index (χ1n) is 5.37. The highest BCUT2D eigenvalue weighted by atomic mass is 32.2. The average Bonchev–Trinajstić information content (AvgIpc) is 2.46. The van der Waals surface area contributed by atoms with Gasteiger partial charge < -0.3 is 0 Å². The van der Waals surface area contributed by atoms with Crippen LogP contribution in [0.3, 0.4) is 0 Å². The maximum Gasteiger partial charge on any atom is 0.143 e. The lowest BCUT2D eigenvalue weighted by Gasteiger charge is -2.11. The predicted octanol–water partition coefficient (Wildman–Crippen LogP) is 3.80. The Bertz CT molecular complexity index is 580. The van der Waals surface area contributed by atoms with Gasteiger partial charge in [-0.2, -0.15) is 0 Å². The van der Waals surface area contributed by atoms with Crippen LogP contribution in [0.4, 0.5) is 0 Å². The molecule has 90 valence electrons. The molecule has 0 bridgehead atoms. The number of nitrogens with zero attached hydrogens (tertiary/aromatic N) is 3. The summed E-state index contributed by atoms with van der Waals surface area (Å²) in [5, 5.41) is 2.96. The van der Waals surface area contributed by atoms with Crippen LogP contribution >= 0.6 is 0 Å². The second-order valence-electron chi connectivity index (χ2n) is 3.58. The van der Waals surface area contributed by atoms with Gasteiger partial charge in [-0.15, -0.1) is 0 Å². The van der Waals surface area contributed by atoms with Gasteiger partial charge in [0.05, 0.1) is 10.8 Å². The average molecular weight is 257 g/mol. The third-order valence-corrected chi connectivity index (χ3v) is 3.93. The third-order valence-electron chi connectivity index (χ3n) is 2.42. The predicted molar refractivity (Wildman–Crippen MR) is 71.2 cm³/mol. The van der Waals surface area contributed by atoms with E-state index in [1.54, 1.807) is 24.3 Å². The quantitative estimate of drug-likeness (QED) is 0.466. The summed E-state index contributed by atoms with van der Waals surface area (Å²) in [6.45, 7) is 0. The lowest BCUT2D eigenvalue weighted by atomic mass is 10.2. The number of benzene rings is 2. The zero-order valence-corrected chi connectivity index (χ0v) is 10.3. The van der Waals surface area contributed by atoms with Gasteiger partial charge in [0.15, 0.2) is 0 Å². The zero-order chi connectivity index (χ0) is 12.8. The summed E-state index contributed by atoms with van der Waals surface area (Å²) in [5.41, 5.74) is 9.37. The van der Waals surface area contributed by atoms with E-state index in [0.717, 1.165) is 5.56 Å². The Morgan fingerprint density at radius 3 is 2.11 bits per heavy atom. The minimum absolute atomic E-state index is 0.652. The Morgan fingerprint density at radius 2 is 1.56 bits per heavy atom. The van der Waals surface area contributed by atoms with Gasteiger partial charge in [-0.3, -0.25) is 4.21 Å². The van der Waals surface area contributed by atoms with E-state index in [9.17, 15) is 4.21 Å². The Hall–Kier alpha value is -2.10. The molecule has 2 aromatic carbocycles. The van der Waals surface area contributed by atoms with Gasteiger partial charge in [-0.05, 0) is 23.2 Å². The minimum Gasteiger partial charge on any atom is -0.254 e. The van der Waals surface area contributed by atoms with Crippen LogP contribution in [0.25, 0.3) is 10.4 Å². The van der Waals surface area contributed by atoms with E-state index < -0.39 is 16.2 Å². The van der Waals surface area contributed by atoms with Crippen LogP contribution < -0.4 is 0 Å².